The van der Waals surface area contributed by atoms with Crippen molar-refractivity contribution in [1.82, 2.24) is 24.7 Å². The van der Waals surface area contributed by atoms with Gasteiger partial charge in [0.1, 0.15) is 17.2 Å². The first-order valence-electron chi connectivity index (χ1n) is 9.50. The number of pyridine rings is 1. The predicted octanol–water partition coefficient (Wildman–Crippen LogP) is 3.81. The highest BCUT2D eigenvalue weighted by Crippen LogP contribution is 2.22. The van der Waals surface area contributed by atoms with Crippen molar-refractivity contribution in [2.45, 2.75) is 26.4 Å². The molecule has 152 valence electrons. The van der Waals surface area contributed by atoms with Crippen LogP contribution in [0.15, 0.2) is 55.1 Å². The van der Waals surface area contributed by atoms with Gasteiger partial charge >= 0.3 is 0 Å². The van der Waals surface area contributed by atoms with Crippen LogP contribution in [0.2, 0.25) is 0 Å². The van der Waals surface area contributed by atoms with Crippen molar-refractivity contribution in [3.63, 3.8) is 0 Å². The molecule has 1 atom stereocenters. The molecule has 0 fully saturated rings. The number of hydrogen-bond donors (Lipinski definition) is 2. The number of aryl methyl sites for hydroxylation is 1. The molecule has 0 aliphatic heterocycles. The fourth-order valence-electron chi connectivity index (χ4n) is 3.01. The zero-order valence-corrected chi connectivity index (χ0v) is 16.5. The summed E-state index contributed by atoms with van der Waals surface area (Å²) >= 11 is 0. The van der Waals surface area contributed by atoms with Gasteiger partial charge in [0, 0.05) is 18.4 Å². The van der Waals surface area contributed by atoms with Crippen LogP contribution in [0.5, 0.6) is 0 Å². The van der Waals surface area contributed by atoms with Crippen molar-refractivity contribution in [3.8, 4) is 0 Å². The van der Waals surface area contributed by atoms with Crippen LogP contribution in [-0.2, 0) is 6.54 Å². The quantitative estimate of drug-likeness (QED) is 0.506. The Kier molecular flexibility index (Phi) is 5.34. The molecule has 0 unspecified atom stereocenters. The summed E-state index contributed by atoms with van der Waals surface area (Å²) in [7, 11) is 0. The van der Waals surface area contributed by atoms with E-state index < -0.39 is 11.7 Å². The Morgan fingerprint density at radius 2 is 2.10 bits per heavy atom. The SMILES string of the molecule is CCn1cc2ncc(N[C@@H](C)c3cccc(NC(=O)c4cncc(F)c4)c3)nc2n1. The number of amides is 1. The average molecular weight is 405 g/mol. The van der Waals surface area contributed by atoms with Crippen molar-refractivity contribution < 1.29 is 9.18 Å². The van der Waals surface area contributed by atoms with Crippen LogP contribution in [0.1, 0.15) is 35.8 Å². The summed E-state index contributed by atoms with van der Waals surface area (Å²) in [5.74, 6) is -0.379. The van der Waals surface area contributed by atoms with Gasteiger partial charge < -0.3 is 10.6 Å². The second kappa shape index (κ2) is 8.24. The summed E-state index contributed by atoms with van der Waals surface area (Å²) in [4.78, 5) is 24.9. The first-order chi connectivity index (χ1) is 14.5. The van der Waals surface area contributed by atoms with Gasteiger partial charge in [0.05, 0.1) is 30.2 Å². The average Bonchev–Trinajstić information content (AvgIpc) is 3.16. The van der Waals surface area contributed by atoms with Crippen LogP contribution in [-0.4, -0.2) is 30.6 Å². The Morgan fingerprint density at radius 3 is 2.90 bits per heavy atom. The first kappa shape index (κ1) is 19.4. The number of nitrogens with one attached hydrogen (secondary N) is 2. The standard InChI is InChI=1S/C21H20FN7O/c1-3-29-12-18-20(28-29)27-19(11-24-18)25-13(2)14-5-4-6-17(8-14)26-21(30)15-7-16(22)10-23-9-15/h4-13H,3H2,1-2H3,(H,26,30)(H,25,27,28)/t13-/m0/s1. The van der Waals surface area contributed by atoms with Gasteiger partial charge in [0.15, 0.2) is 0 Å². The zero-order valence-electron chi connectivity index (χ0n) is 16.5. The maximum Gasteiger partial charge on any atom is 0.257 e. The molecule has 1 aromatic carbocycles. The van der Waals surface area contributed by atoms with Crippen molar-refractivity contribution >= 4 is 28.6 Å². The second-order valence-corrected chi connectivity index (χ2v) is 6.79. The largest absolute Gasteiger partial charge is 0.362 e. The molecule has 0 bridgehead atoms. The van der Waals surface area contributed by atoms with E-state index in [2.05, 4.69) is 30.7 Å². The number of fused-ring (bicyclic) bond motifs is 1. The van der Waals surface area contributed by atoms with Crippen LogP contribution in [0.25, 0.3) is 11.2 Å². The number of rotatable bonds is 6. The molecule has 0 aliphatic rings. The van der Waals surface area contributed by atoms with Gasteiger partial charge in [-0.05, 0) is 37.6 Å². The topological polar surface area (TPSA) is 97.6 Å². The third kappa shape index (κ3) is 4.24. The number of benzene rings is 1. The molecule has 4 aromatic rings. The molecule has 0 radical (unpaired) electrons. The Labute approximate surface area is 172 Å². The molecule has 8 nitrogen and oxygen atoms in total. The Morgan fingerprint density at radius 1 is 1.23 bits per heavy atom. The fourth-order valence-corrected chi connectivity index (χ4v) is 3.01. The van der Waals surface area contributed by atoms with Crippen molar-refractivity contribution in [2.24, 2.45) is 0 Å². The third-order valence-electron chi connectivity index (χ3n) is 4.58. The van der Waals surface area contributed by atoms with Crippen LogP contribution < -0.4 is 10.6 Å². The third-order valence-corrected chi connectivity index (χ3v) is 4.58. The van der Waals surface area contributed by atoms with Crippen LogP contribution in [0, 0.1) is 5.82 Å². The minimum atomic E-state index is -0.559. The molecule has 3 heterocycles. The zero-order chi connectivity index (χ0) is 21.1. The van der Waals surface area contributed by atoms with Gasteiger partial charge in [-0.15, -0.1) is 0 Å². The minimum Gasteiger partial charge on any atom is -0.362 e. The molecule has 0 saturated carbocycles. The lowest BCUT2D eigenvalue weighted by molar-refractivity contribution is 0.102. The fraction of sp³-hybridized carbons (Fsp3) is 0.190. The maximum absolute atomic E-state index is 13.3. The second-order valence-electron chi connectivity index (χ2n) is 6.79. The predicted molar refractivity (Wildman–Crippen MR) is 112 cm³/mol. The summed E-state index contributed by atoms with van der Waals surface area (Å²) in [5, 5.41) is 10.4. The molecular weight excluding hydrogens is 385 g/mol. The molecule has 0 aliphatic carbocycles. The number of nitrogens with zero attached hydrogens (tertiary/aromatic N) is 5. The lowest BCUT2D eigenvalue weighted by atomic mass is 10.1. The number of anilines is 2. The number of hydrogen-bond acceptors (Lipinski definition) is 6. The normalized spacial score (nSPS) is 12.0. The number of halogens is 1. The van der Waals surface area contributed by atoms with E-state index in [1.54, 1.807) is 16.9 Å². The Balaban J connectivity index is 1.48. The van der Waals surface area contributed by atoms with Gasteiger partial charge in [0.2, 0.25) is 5.65 Å². The molecule has 2 N–H and O–H groups in total. The van der Waals surface area contributed by atoms with Gasteiger partial charge in [-0.2, -0.15) is 5.10 Å². The van der Waals surface area contributed by atoms with Crippen molar-refractivity contribution in [3.05, 3.63) is 72.1 Å². The molecule has 1 amide bonds. The van der Waals surface area contributed by atoms with E-state index in [1.165, 1.54) is 6.20 Å². The Hall–Kier alpha value is -3.88. The highest BCUT2D eigenvalue weighted by atomic mass is 19.1. The smallest absolute Gasteiger partial charge is 0.257 e. The lowest BCUT2D eigenvalue weighted by Crippen LogP contribution is -2.13. The van der Waals surface area contributed by atoms with Crippen LogP contribution in [0.3, 0.4) is 0 Å². The van der Waals surface area contributed by atoms with Crippen molar-refractivity contribution in [1.29, 1.82) is 0 Å². The van der Waals surface area contributed by atoms with Crippen LogP contribution in [0.4, 0.5) is 15.9 Å². The highest BCUT2D eigenvalue weighted by Gasteiger charge is 2.12. The first-order valence-corrected chi connectivity index (χ1v) is 9.50. The molecule has 9 heteroatoms. The van der Waals surface area contributed by atoms with Crippen LogP contribution >= 0.6 is 0 Å². The summed E-state index contributed by atoms with van der Waals surface area (Å²) < 4.78 is 15.1. The maximum atomic E-state index is 13.3. The molecular formula is C21H20FN7O. The van der Waals surface area contributed by atoms with E-state index in [9.17, 15) is 9.18 Å². The van der Waals surface area contributed by atoms with Crippen molar-refractivity contribution in [2.75, 3.05) is 10.6 Å². The number of aromatic nitrogens is 5. The molecule has 0 spiro atoms. The van der Waals surface area contributed by atoms with Gasteiger partial charge in [-0.3, -0.25) is 14.5 Å². The van der Waals surface area contributed by atoms with Gasteiger partial charge in [-0.1, -0.05) is 12.1 Å². The summed E-state index contributed by atoms with van der Waals surface area (Å²) in [5.41, 5.74) is 3.01. The summed E-state index contributed by atoms with van der Waals surface area (Å²) in [6.45, 7) is 4.74. The Bertz CT molecular complexity index is 1210. The van der Waals surface area contributed by atoms with E-state index in [4.69, 9.17) is 0 Å². The van der Waals surface area contributed by atoms with E-state index in [0.717, 1.165) is 29.9 Å². The molecule has 30 heavy (non-hydrogen) atoms. The van der Waals surface area contributed by atoms with E-state index in [-0.39, 0.29) is 11.6 Å². The number of carbonyl (C=O) groups excluding carboxylic acids is 1. The molecule has 3 aromatic heterocycles. The number of carbonyl (C=O) groups is 1. The van der Waals surface area contributed by atoms with E-state index in [0.29, 0.717) is 17.2 Å². The monoisotopic (exact) mass is 405 g/mol. The molecule has 0 saturated heterocycles. The summed E-state index contributed by atoms with van der Waals surface area (Å²) in [6, 6.07) is 8.44. The van der Waals surface area contributed by atoms with E-state index >= 15 is 0 Å². The minimum absolute atomic E-state index is 0.0994. The van der Waals surface area contributed by atoms with Gasteiger partial charge in [0.25, 0.3) is 5.91 Å². The molecule has 4 rings (SSSR count). The highest BCUT2D eigenvalue weighted by molar-refractivity contribution is 6.04. The summed E-state index contributed by atoms with van der Waals surface area (Å²) in [6.07, 6.45) is 5.90. The van der Waals surface area contributed by atoms with E-state index in [1.807, 2.05) is 38.2 Å². The lowest BCUT2D eigenvalue weighted by Gasteiger charge is -2.16. The van der Waals surface area contributed by atoms with Gasteiger partial charge in [-0.25, -0.2) is 14.4 Å².